The number of sulfone groups is 1. The number of hydrogen-bond donors (Lipinski definition) is 1. The van der Waals surface area contributed by atoms with Crippen LogP contribution in [-0.2, 0) is 30.7 Å². The molecule has 1 saturated heterocycles. The van der Waals surface area contributed by atoms with E-state index in [-0.39, 0.29) is 16.8 Å². The topological polar surface area (TPSA) is 89.9 Å². The van der Waals surface area contributed by atoms with Gasteiger partial charge in [-0.15, -0.1) is 0 Å². The number of esters is 1. The second-order valence-electron chi connectivity index (χ2n) is 11.3. The summed E-state index contributed by atoms with van der Waals surface area (Å²) in [5.74, 6) is -1.23. The summed E-state index contributed by atoms with van der Waals surface area (Å²) in [5.41, 5.74) is 0.590. The van der Waals surface area contributed by atoms with E-state index in [0.29, 0.717) is 38.9 Å². The average molecular weight is 541 g/mol. The van der Waals surface area contributed by atoms with Gasteiger partial charge in [-0.2, -0.15) is 0 Å². The maximum atomic E-state index is 12.8. The molecule has 0 amide bonds. The van der Waals surface area contributed by atoms with Gasteiger partial charge in [0.2, 0.25) is 0 Å². The molecule has 2 fully saturated rings. The van der Waals surface area contributed by atoms with Gasteiger partial charge in [0.05, 0.1) is 23.0 Å². The molecule has 5 atom stereocenters. The van der Waals surface area contributed by atoms with Gasteiger partial charge in [0.25, 0.3) is 0 Å². The second-order valence-corrected chi connectivity index (χ2v) is 13.1. The number of ether oxygens (including phenoxy) is 2. The third kappa shape index (κ3) is 6.22. The number of rotatable bonds is 11. The Bertz CT molecular complexity index is 1220. The molecule has 0 aromatic heterocycles. The molecule has 6 nitrogen and oxygen atoms in total. The van der Waals surface area contributed by atoms with Crippen LogP contribution in [0.25, 0.3) is 0 Å². The Kier molecular flexibility index (Phi) is 8.80. The van der Waals surface area contributed by atoms with Crippen molar-refractivity contribution in [2.75, 3.05) is 6.61 Å². The maximum absolute atomic E-state index is 12.8. The molecule has 1 aliphatic carbocycles. The van der Waals surface area contributed by atoms with Gasteiger partial charge in [0.1, 0.15) is 6.10 Å². The summed E-state index contributed by atoms with van der Waals surface area (Å²) in [4.78, 5) is 12.9. The van der Waals surface area contributed by atoms with Crippen LogP contribution < -0.4 is 0 Å². The SMILES string of the molecule is Cc1ccc(S(=O)(=O)/C=C/C[C@]2(C)CCC3(O)C(C)C(=O)O[C@H](CCCCOCc4ccccc4)[C@H]32)cc1. The summed E-state index contributed by atoms with van der Waals surface area (Å²) in [7, 11) is -3.56. The van der Waals surface area contributed by atoms with Crippen molar-refractivity contribution in [3.63, 3.8) is 0 Å². The van der Waals surface area contributed by atoms with Gasteiger partial charge in [-0.3, -0.25) is 4.79 Å². The zero-order valence-electron chi connectivity index (χ0n) is 22.6. The number of hydrogen-bond acceptors (Lipinski definition) is 6. The van der Waals surface area contributed by atoms with Crippen molar-refractivity contribution >= 4 is 15.8 Å². The smallest absolute Gasteiger partial charge is 0.311 e. The van der Waals surface area contributed by atoms with Crippen LogP contribution in [0.2, 0.25) is 0 Å². The first-order valence-electron chi connectivity index (χ1n) is 13.6. The number of carbonyl (C=O) groups is 1. The third-order valence-corrected chi connectivity index (χ3v) is 9.96. The largest absolute Gasteiger partial charge is 0.462 e. The number of allylic oxidation sites excluding steroid dienone is 1. The highest BCUT2D eigenvalue weighted by Gasteiger charge is 2.63. The second kappa shape index (κ2) is 11.7. The summed E-state index contributed by atoms with van der Waals surface area (Å²) in [6.45, 7) is 6.92. The Morgan fingerprint density at radius 1 is 1.08 bits per heavy atom. The highest BCUT2D eigenvalue weighted by atomic mass is 32.2. The third-order valence-electron chi connectivity index (χ3n) is 8.48. The summed E-state index contributed by atoms with van der Waals surface area (Å²) in [6, 6.07) is 16.8. The minimum atomic E-state index is -3.56. The molecule has 7 heteroatoms. The van der Waals surface area contributed by atoms with Crippen LogP contribution in [0.3, 0.4) is 0 Å². The van der Waals surface area contributed by atoms with Gasteiger partial charge in [-0.05, 0) is 75.5 Å². The van der Waals surface area contributed by atoms with E-state index in [1.807, 2.05) is 37.3 Å². The number of aryl methyl sites for hydroxylation is 1. The van der Waals surface area contributed by atoms with Crippen LogP contribution in [-0.4, -0.2) is 37.8 Å². The Hall–Kier alpha value is -2.48. The van der Waals surface area contributed by atoms with E-state index in [0.717, 1.165) is 24.0 Å². The van der Waals surface area contributed by atoms with Gasteiger partial charge in [-0.25, -0.2) is 8.42 Å². The molecule has 38 heavy (non-hydrogen) atoms. The van der Waals surface area contributed by atoms with Crippen molar-refractivity contribution in [2.45, 2.75) is 82.5 Å². The lowest BCUT2D eigenvalue weighted by molar-refractivity contribution is -0.205. The predicted octanol–water partition coefficient (Wildman–Crippen LogP) is 5.77. The fourth-order valence-corrected chi connectivity index (χ4v) is 7.22. The van der Waals surface area contributed by atoms with Crippen molar-refractivity contribution in [1.82, 2.24) is 0 Å². The minimum Gasteiger partial charge on any atom is -0.462 e. The van der Waals surface area contributed by atoms with Crippen molar-refractivity contribution in [1.29, 1.82) is 0 Å². The molecule has 2 aromatic rings. The quantitative estimate of drug-likeness (QED) is 0.288. The number of cyclic esters (lactones) is 1. The highest BCUT2D eigenvalue weighted by molar-refractivity contribution is 7.94. The summed E-state index contributed by atoms with van der Waals surface area (Å²) < 4.78 is 37.3. The number of unbranched alkanes of at least 4 members (excludes halogenated alkanes) is 1. The first-order chi connectivity index (χ1) is 18.1. The lowest BCUT2D eigenvalue weighted by Crippen LogP contribution is -2.58. The number of benzene rings is 2. The van der Waals surface area contributed by atoms with E-state index in [1.165, 1.54) is 5.41 Å². The van der Waals surface area contributed by atoms with E-state index in [2.05, 4.69) is 6.92 Å². The molecule has 1 heterocycles. The van der Waals surface area contributed by atoms with Gasteiger partial charge >= 0.3 is 5.97 Å². The zero-order valence-corrected chi connectivity index (χ0v) is 23.5. The minimum absolute atomic E-state index is 0.264. The molecule has 2 unspecified atom stereocenters. The lowest BCUT2D eigenvalue weighted by Gasteiger charge is -2.48. The Labute approximate surface area is 227 Å². The molecular formula is C31H40O6S. The van der Waals surface area contributed by atoms with Crippen molar-refractivity contribution < 1.29 is 27.8 Å². The van der Waals surface area contributed by atoms with Crippen LogP contribution in [0.4, 0.5) is 0 Å². The summed E-state index contributed by atoms with van der Waals surface area (Å²) >= 11 is 0. The molecule has 0 bridgehead atoms. The molecule has 2 aromatic carbocycles. The Balaban J connectivity index is 1.40. The van der Waals surface area contributed by atoms with Gasteiger partial charge in [0, 0.05) is 17.9 Å². The maximum Gasteiger partial charge on any atom is 0.311 e. The van der Waals surface area contributed by atoms with Gasteiger partial charge < -0.3 is 14.6 Å². The van der Waals surface area contributed by atoms with Crippen LogP contribution in [0, 0.1) is 24.2 Å². The van der Waals surface area contributed by atoms with Crippen LogP contribution >= 0.6 is 0 Å². The zero-order chi connectivity index (χ0) is 27.4. The fourth-order valence-electron chi connectivity index (χ4n) is 6.20. The van der Waals surface area contributed by atoms with Crippen molar-refractivity contribution in [2.24, 2.45) is 17.3 Å². The van der Waals surface area contributed by atoms with Crippen LogP contribution in [0.15, 0.2) is 71.0 Å². The number of fused-ring (bicyclic) bond motifs is 1. The van der Waals surface area contributed by atoms with E-state index in [4.69, 9.17) is 9.47 Å². The monoisotopic (exact) mass is 540 g/mol. The van der Waals surface area contributed by atoms with Crippen LogP contribution in [0.5, 0.6) is 0 Å². The first kappa shape index (κ1) is 28.5. The van der Waals surface area contributed by atoms with Gasteiger partial charge in [0.15, 0.2) is 9.84 Å². The lowest BCUT2D eigenvalue weighted by atomic mass is 9.65. The summed E-state index contributed by atoms with van der Waals surface area (Å²) in [5, 5.41) is 13.0. The first-order valence-corrected chi connectivity index (χ1v) is 15.1. The van der Waals surface area contributed by atoms with E-state index in [9.17, 15) is 18.3 Å². The van der Waals surface area contributed by atoms with E-state index in [1.54, 1.807) is 37.3 Å². The van der Waals surface area contributed by atoms with Crippen molar-refractivity contribution in [3.05, 3.63) is 77.2 Å². The normalized spacial score (nSPS) is 29.4. The van der Waals surface area contributed by atoms with Crippen molar-refractivity contribution in [3.8, 4) is 0 Å². The number of carbonyl (C=O) groups excluding carboxylic acids is 1. The van der Waals surface area contributed by atoms with E-state index < -0.39 is 32.9 Å². The molecule has 0 radical (unpaired) electrons. The molecule has 4 rings (SSSR count). The Morgan fingerprint density at radius 3 is 2.50 bits per heavy atom. The van der Waals surface area contributed by atoms with Gasteiger partial charge in [-0.1, -0.05) is 61.0 Å². The average Bonchev–Trinajstić information content (AvgIpc) is 3.17. The molecule has 0 spiro atoms. The van der Waals surface area contributed by atoms with Crippen LogP contribution in [0.1, 0.15) is 63.5 Å². The highest BCUT2D eigenvalue weighted by Crippen LogP contribution is 2.58. The fraction of sp³-hybridized carbons (Fsp3) is 0.516. The van der Waals surface area contributed by atoms with E-state index >= 15 is 0 Å². The molecule has 1 aliphatic heterocycles. The summed E-state index contributed by atoms with van der Waals surface area (Å²) in [6.07, 6.45) is 5.24. The molecular weight excluding hydrogens is 500 g/mol. The Morgan fingerprint density at radius 2 is 1.79 bits per heavy atom. The molecule has 1 N–H and O–H groups in total. The molecule has 1 saturated carbocycles. The number of aliphatic hydroxyl groups is 1. The standard InChI is InChI=1S/C31H40O6S/c1-23-13-15-26(16-14-23)38(34,35)21-9-17-30(3)18-19-31(33)24(2)29(32)37-27(28(30)31)12-7-8-20-36-22-25-10-5-4-6-11-25/h4-6,9-11,13-16,21,24,27-28,33H,7-8,12,17-20,22H2,1-3H3/b21-9+/t24?,27-,28+,30-,31?/m1/s1. The molecule has 206 valence electrons. The molecule has 2 aliphatic rings. The predicted molar refractivity (Wildman–Crippen MR) is 147 cm³/mol.